The summed E-state index contributed by atoms with van der Waals surface area (Å²) >= 11 is 7.93. The van der Waals surface area contributed by atoms with Crippen LogP contribution in [0.3, 0.4) is 0 Å². The van der Waals surface area contributed by atoms with Crippen molar-refractivity contribution in [1.82, 2.24) is 30.4 Å². The minimum Gasteiger partial charge on any atom is -1.00 e. The van der Waals surface area contributed by atoms with Crippen LogP contribution in [0.1, 0.15) is 35.0 Å². The monoisotopic (exact) mass is 785 g/mol. The van der Waals surface area contributed by atoms with Gasteiger partial charge in [-0.25, -0.2) is 14.8 Å². The molecule has 2 aliphatic rings. The highest BCUT2D eigenvalue weighted by molar-refractivity contribution is 7.15. The number of thiazole rings is 2. The molecule has 0 spiro atoms. The fourth-order valence-corrected chi connectivity index (χ4v) is 6.63. The lowest BCUT2D eigenvalue weighted by molar-refractivity contribution is -0.116. The smallest absolute Gasteiger partial charge is 0.414 e. The molecule has 0 bridgehead atoms. The van der Waals surface area contributed by atoms with E-state index < -0.39 is 11.5 Å². The second-order valence-corrected chi connectivity index (χ2v) is 14.6. The maximum atomic E-state index is 12.4. The molecule has 2 aromatic carbocycles. The van der Waals surface area contributed by atoms with Gasteiger partial charge < -0.3 is 42.7 Å². The average Bonchev–Trinajstić information content (AvgIpc) is 3.81. The maximum Gasteiger partial charge on any atom is 0.414 e. The lowest BCUT2D eigenvalue weighted by Crippen LogP contribution is -3.00. The van der Waals surface area contributed by atoms with Gasteiger partial charge in [0.25, 0.3) is 11.8 Å². The van der Waals surface area contributed by atoms with E-state index in [1.54, 1.807) is 42.0 Å². The van der Waals surface area contributed by atoms with Crippen LogP contribution in [0.25, 0.3) is 32.3 Å². The summed E-state index contributed by atoms with van der Waals surface area (Å²) in [7, 11) is 6.38. The van der Waals surface area contributed by atoms with Crippen molar-refractivity contribution in [2.45, 2.75) is 39.8 Å². The van der Waals surface area contributed by atoms with E-state index in [9.17, 15) is 24.3 Å². The summed E-state index contributed by atoms with van der Waals surface area (Å²) in [5.74, 6) is -0.148. The van der Waals surface area contributed by atoms with Crippen molar-refractivity contribution in [3.63, 3.8) is 0 Å². The van der Waals surface area contributed by atoms with Gasteiger partial charge in [-0.15, -0.1) is 22.7 Å². The van der Waals surface area contributed by atoms with E-state index >= 15 is 0 Å². The van der Waals surface area contributed by atoms with Gasteiger partial charge in [0.15, 0.2) is 0 Å². The molecule has 0 aliphatic carbocycles. The molecule has 276 valence electrons. The molecule has 4 aromatic rings. The molecule has 2 unspecified atom stereocenters. The van der Waals surface area contributed by atoms with Gasteiger partial charge in [-0.05, 0) is 39.3 Å². The highest BCUT2D eigenvalue weighted by Gasteiger charge is 2.36. The molecule has 2 atom stereocenters. The van der Waals surface area contributed by atoms with Crippen molar-refractivity contribution in [3.8, 4) is 21.1 Å². The van der Waals surface area contributed by atoms with E-state index in [0.717, 1.165) is 30.9 Å². The summed E-state index contributed by atoms with van der Waals surface area (Å²) in [5.41, 5.74) is 3.77. The van der Waals surface area contributed by atoms with Crippen molar-refractivity contribution in [1.29, 1.82) is 0 Å². The number of hydrogen-bond acceptors (Lipinski definition) is 10. The summed E-state index contributed by atoms with van der Waals surface area (Å²) in [5, 5.41) is 16.8. The highest BCUT2D eigenvalue weighted by Crippen LogP contribution is 2.36. The standard InChI is InChI=1S/C18H19N3O3S.C15H14N2O2S.C3H6ClNO.ClH/c1-10-15(24-18(23)21(3)4)13(16(22)19-10)14-11(2)25-17(20-14)12-8-6-5-7-9-12;1-8-13(18)11(14(19)16-8)12-9(2)20-15(17-12)10-6-4-3-5-7-10;1-5(2)3(4)6;/h5-10H,1-4H3,(H,19,22);3-8,18H,1-2H3,(H,16,19);1-2H3;1H/p-1. The molecular weight excluding hydrogens is 747 g/mol. The molecule has 2 aromatic heterocycles. The van der Waals surface area contributed by atoms with Crippen LogP contribution in [-0.2, 0) is 14.3 Å². The first-order valence-corrected chi connectivity index (χ1v) is 17.7. The number of ether oxygens (including phenoxy) is 1. The molecule has 0 saturated heterocycles. The fourth-order valence-electron chi connectivity index (χ4n) is 4.78. The zero-order valence-electron chi connectivity index (χ0n) is 29.8. The molecule has 52 heavy (non-hydrogen) atoms. The Labute approximate surface area is 321 Å². The molecule has 12 nitrogen and oxygen atoms in total. The zero-order chi connectivity index (χ0) is 37.6. The highest BCUT2D eigenvalue weighted by atomic mass is 35.5. The Morgan fingerprint density at radius 3 is 1.54 bits per heavy atom. The number of rotatable bonds is 5. The van der Waals surface area contributed by atoms with E-state index in [1.807, 2.05) is 74.5 Å². The first-order valence-electron chi connectivity index (χ1n) is 15.7. The minimum atomic E-state index is -0.521. The average molecular weight is 787 g/mol. The van der Waals surface area contributed by atoms with E-state index in [4.69, 9.17) is 16.3 Å². The van der Waals surface area contributed by atoms with E-state index in [1.165, 1.54) is 32.5 Å². The lowest BCUT2D eigenvalue weighted by Gasteiger charge is -2.14. The number of aromatic nitrogens is 2. The first kappa shape index (κ1) is 41.7. The van der Waals surface area contributed by atoms with Gasteiger partial charge in [-0.3, -0.25) is 14.4 Å². The van der Waals surface area contributed by atoms with Crippen LogP contribution >= 0.6 is 34.3 Å². The molecular formula is C36H39Cl2N6O6S2-. The Morgan fingerprint density at radius 2 is 1.15 bits per heavy atom. The van der Waals surface area contributed by atoms with Crippen molar-refractivity contribution in [2.75, 3.05) is 28.2 Å². The molecule has 4 heterocycles. The van der Waals surface area contributed by atoms with Crippen molar-refractivity contribution in [3.05, 3.63) is 93.3 Å². The number of halogens is 2. The van der Waals surface area contributed by atoms with Crippen LogP contribution in [0.2, 0.25) is 0 Å². The van der Waals surface area contributed by atoms with Crippen LogP contribution < -0.4 is 23.0 Å². The van der Waals surface area contributed by atoms with Gasteiger partial charge in [0.1, 0.15) is 32.7 Å². The summed E-state index contributed by atoms with van der Waals surface area (Å²) in [6, 6.07) is 18.9. The Kier molecular flexibility index (Phi) is 14.5. The number of nitrogens with zero attached hydrogens (tertiary/aromatic N) is 4. The molecule has 4 amide bonds. The molecule has 3 N–H and O–H groups in total. The lowest BCUT2D eigenvalue weighted by atomic mass is 10.1. The van der Waals surface area contributed by atoms with E-state index in [0.29, 0.717) is 28.3 Å². The summed E-state index contributed by atoms with van der Waals surface area (Å²) in [6.07, 6.45) is -0.521. The summed E-state index contributed by atoms with van der Waals surface area (Å²) in [4.78, 5) is 59.8. The molecule has 16 heteroatoms. The molecule has 2 aliphatic heterocycles. The molecule has 6 rings (SSSR count). The Morgan fingerprint density at radius 1 is 0.750 bits per heavy atom. The van der Waals surface area contributed by atoms with Gasteiger partial charge in [-0.2, -0.15) is 0 Å². The summed E-state index contributed by atoms with van der Waals surface area (Å²) < 4.78 is 5.44. The zero-order valence-corrected chi connectivity index (χ0v) is 32.9. The van der Waals surface area contributed by atoms with Gasteiger partial charge in [0.05, 0.1) is 23.5 Å². The number of amides is 4. The molecule has 0 radical (unpaired) electrons. The maximum absolute atomic E-state index is 12.4. The van der Waals surface area contributed by atoms with Crippen LogP contribution in [0, 0.1) is 13.8 Å². The van der Waals surface area contributed by atoms with Gasteiger partial charge in [-0.1, -0.05) is 60.7 Å². The number of nitrogens with one attached hydrogen (secondary N) is 2. The number of aryl methyl sites for hydroxylation is 2. The predicted molar refractivity (Wildman–Crippen MR) is 201 cm³/mol. The molecule has 0 saturated carbocycles. The number of carbonyl (C=O) groups is 4. The van der Waals surface area contributed by atoms with E-state index in [-0.39, 0.29) is 42.1 Å². The van der Waals surface area contributed by atoms with Crippen LogP contribution in [0.4, 0.5) is 9.59 Å². The quantitative estimate of drug-likeness (QED) is 0.204. The Bertz CT molecular complexity index is 1990. The first-order chi connectivity index (χ1) is 24.1. The number of benzene rings is 2. The van der Waals surface area contributed by atoms with E-state index in [2.05, 4.69) is 20.6 Å². The van der Waals surface area contributed by atoms with Crippen LogP contribution in [0.5, 0.6) is 0 Å². The third-order valence-corrected chi connectivity index (χ3v) is 9.86. The summed E-state index contributed by atoms with van der Waals surface area (Å²) in [6.45, 7) is 7.35. The third kappa shape index (κ3) is 9.76. The minimum absolute atomic E-state index is 0. The number of carbonyl (C=O) groups excluding carboxylic acids is 4. The van der Waals surface area contributed by atoms with Crippen molar-refractivity contribution >= 4 is 68.7 Å². The van der Waals surface area contributed by atoms with Gasteiger partial charge >= 0.3 is 11.5 Å². The SMILES string of the molecule is CN(C)C(=O)Cl.Cc1sc(-c2ccccc2)nc1C1=C(O)C(C)NC1=O.Cc1sc(-c2ccccc2)nc1C1=C(OC(=O)N(C)C)C(C)NC1=O.[Cl-]. The second-order valence-electron chi connectivity index (χ2n) is 11.9. The number of aliphatic hydroxyl groups excluding tert-OH is 1. The largest absolute Gasteiger partial charge is 1.00 e. The fraction of sp³-hybridized carbons (Fsp3) is 0.278. The third-order valence-electron chi connectivity index (χ3n) is 7.48. The Balaban J connectivity index is 0.000000242. The van der Waals surface area contributed by atoms with Crippen molar-refractivity contribution < 1.29 is 41.4 Å². The number of hydrogen-bond donors (Lipinski definition) is 3. The number of aliphatic hydroxyl groups is 1. The van der Waals surface area contributed by atoms with Gasteiger partial charge in [0, 0.05) is 49.1 Å². The normalized spacial score (nSPS) is 16.1. The predicted octanol–water partition coefficient (Wildman–Crippen LogP) is 3.86. The Hall–Kier alpha value is -4.76. The second kappa shape index (κ2) is 18.1. The van der Waals surface area contributed by atoms with Crippen molar-refractivity contribution in [2.24, 2.45) is 0 Å². The topological polar surface area (TPSA) is 154 Å². The molecule has 0 fully saturated rings. The van der Waals surface area contributed by atoms with Crippen LogP contribution in [0.15, 0.2) is 72.2 Å². The van der Waals surface area contributed by atoms with Gasteiger partial charge in [0.2, 0.25) is 0 Å². The van der Waals surface area contributed by atoms with Crippen LogP contribution in [-0.4, -0.2) is 88.4 Å².